The van der Waals surface area contributed by atoms with Crippen LogP contribution in [-0.4, -0.2) is 30.4 Å². The van der Waals surface area contributed by atoms with E-state index in [-0.39, 0.29) is 5.91 Å². The summed E-state index contributed by atoms with van der Waals surface area (Å²) in [6.07, 6.45) is 3.05. The van der Waals surface area contributed by atoms with Crippen molar-refractivity contribution in [2.75, 3.05) is 19.6 Å². The Balaban J connectivity index is 2.17. The molecular weight excluding hydrogens is 190 g/mol. The lowest BCUT2D eigenvalue weighted by Crippen LogP contribution is -2.38. The zero-order chi connectivity index (χ0) is 11.3. The highest BCUT2D eigenvalue weighted by Gasteiger charge is 2.21. The van der Waals surface area contributed by atoms with E-state index in [0.717, 1.165) is 31.5 Å². The largest absolute Gasteiger partial charge is 0.303 e. The molecule has 3 N–H and O–H groups in total. The quantitative estimate of drug-likeness (QED) is 0.411. The Hall–Kier alpha value is -0.610. The molecule has 1 heterocycles. The number of nitrogens with zero attached hydrogens (tertiary/aromatic N) is 1. The molecule has 4 heteroatoms. The number of piperidine rings is 1. The van der Waals surface area contributed by atoms with Crippen LogP contribution in [0.4, 0.5) is 0 Å². The Morgan fingerprint density at radius 1 is 1.47 bits per heavy atom. The smallest absolute Gasteiger partial charge is 0.235 e. The van der Waals surface area contributed by atoms with E-state index in [1.54, 1.807) is 0 Å². The molecule has 0 unspecified atom stereocenters. The summed E-state index contributed by atoms with van der Waals surface area (Å²) in [4.78, 5) is 13.3. The molecule has 1 fully saturated rings. The first-order valence-electron chi connectivity index (χ1n) is 5.85. The first-order valence-corrected chi connectivity index (χ1v) is 5.85. The number of nitrogens with two attached hydrogens (primary N) is 1. The third-order valence-electron chi connectivity index (χ3n) is 3.39. The number of carbonyl (C=O) groups is 1. The molecule has 0 spiro atoms. The van der Waals surface area contributed by atoms with Gasteiger partial charge >= 0.3 is 0 Å². The summed E-state index contributed by atoms with van der Waals surface area (Å²) in [6, 6.07) is 0. The number of rotatable bonds is 4. The van der Waals surface area contributed by atoms with Crippen LogP contribution in [0.25, 0.3) is 0 Å². The summed E-state index contributed by atoms with van der Waals surface area (Å²) < 4.78 is 0. The molecule has 0 aromatic rings. The highest BCUT2D eigenvalue weighted by molar-refractivity contribution is 5.75. The van der Waals surface area contributed by atoms with Crippen LogP contribution in [0, 0.1) is 11.8 Å². The fourth-order valence-electron chi connectivity index (χ4n) is 2.18. The van der Waals surface area contributed by atoms with Gasteiger partial charge in [0.1, 0.15) is 0 Å². The van der Waals surface area contributed by atoms with E-state index in [4.69, 9.17) is 5.84 Å². The number of hydrogen-bond acceptors (Lipinski definition) is 3. The first-order chi connectivity index (χ1) is 7.13. The summed E-state index contributed by atoms with van der Waals surface area (Å²) in [7, 11) is 0. The summed E-state index contributed by atoms with van der Waals surface area (Å²) in [5.41, 5.74) is 2.17. The molecule has 4 nitrogen and oxygen atoms in total. The Bertz CT molecular complexity index is 198. The molecular formula is C11H23N3O. The maximum absolute atomic E-state index is 11.0. The predicted octanol–water partition coefficient (Wildman–Crippen LogP) is 0.734. The number of nitrogens with one attached hydrogen (secondary N) is 1. The van der Waals surface area contributed by atoms with Crippen LogP contribution in [-0.2, 0) is 4.79 Å². The summed E-state index contributed by atoms with van der Waals surface area (Å²) >= 11 is 0. The van der Waals surface area contributed by atoms with Crippen molar-refractivity contribution >= 4 is 5.91 Å². The molecule has 0 aromatic heterocycles. The van der Waals surface area contributed by atoms with E-state index in [9.17, 15) is 4.79 Å². The average Bonchev–Trinajstić information content (AvgIpc) is 2.26. The van der Waals surface area contributed by atoms with Crippen molar-refractivity contribution in [3.63, 3.8) is 0 Å². The second kappa shape index (κ2) is 6.08. The van der Waals surface area contributed by atoms with Crippen LogP contribution >= 0.6 is 0 Å². The molecule has 0 bridgehead atoms. The zero-order valence-electron chi connectivity index (χ0n) is 9.83. The van der Waals surface area contributed by atoms with E-state index in [2.05, 4.69) is 24.2 Å². The van der Waals surface area contributed by atoms with Crippen molar-refractivity contribution in [1.29, 1.82) is 0 Å². The van der Waals surface area contributed by atoms with Gasteiger partial charge in [-0.15, -0.1) is 0 Å². The van der Waals surface area contributed by atoms with Gasteiger partial charge in [0.25, 0.3) is 0 Å². The van der Waals surface area contributed by atoms with Crippen molar-refractivity contribution in [3.05, 3.63) is 0 Å². The van der Waals surface area contributed by atoms with Crippen molar-refractivity contribution in [2.24, 2.45) is 17.7 Å². The van der Waals surface area contributed by atoms with Crippen molar-refractivity contribution in [3.8, 4) is 0 Å². The van der Waals surface area contributed by atoms with Crippen molar-refractivity contribution in [2.45, 2.75) is 33.1 Å². The lowest BCUT2D eigenvalue weighted by molar-refractivity contribution is -0.121. The standard InChI is InChI=1S/C11H23N3O/c1-9(2)10-3-6-14(7-4-10)8-5-11(15)13-12/h9-10H,3-8,12H2,1-2H3,(H,13,15). The van der Waals surface area contributed by atoms with Gasteiger partial charge in [-0.2, -0.15) is 0 Å². The monoisotopic (exact) mass is 213 g/mol. The molecule has 0 aliphatic carbocycles. The molecule has 1 saturated heterocycles. The number of carbonyl (C=O) groups excluding carboxylic acids is 1. The minimum Gasteiger partial charge on any atom is -0.303 e. The molecule has 88 valence electrons. The van der Waals surface area contributed by atoms with Gasteiger partial charge in [-0.05, 0) is 37.8 Å². The van der Waals surface area contributed by atoms with Crippen LogP contribution in [0.5, 0.6) is 0 Å². The average molecular weight is 213 g/mol. The number of amides is 1. The predicted molar refractivity (Wildman–Crippen MR) is 60.9 cm³/mol. The highest BCUT2D eigenvalue weighted by atomic mass is 16.2. The Morgan fingerprint density at radius 3 is 2.53 bits per heavy atom. The molecule has 15 heavy (non-hydrogen) atoms. The molecule has 0 aromatic carbocycles. The number of hydrazine groups is 1. The second-order valence-electron chi connectivity index (χ2n) is 4.74. The van der Waals surface area contributed by atoms with Crippen molar-refractivity contribution < 1.29 is 4.79 Å². The first kappa shape index (κ1) is 12.5. The summed E-state index contributed by atoms with van der Waals surface area (Å²) in [5, 5.41) is 0. The van der Waals surface area contributed by atoms with Crippen LogP contribution < -0.4 is 11.3 Å². The van der Waals surface area contributed by atoms with E-state index < -0.39 is 0 Å². The van der Waals surface area contributed by atoms with Gasteiger partial charge < -0.3 is 4.90 Å². The molecule has 0 radical (unpaired) electrons. The molecule has 1 aliphatic rings. The number of likely N-dealkylation sites (tertiary alicyclic amines) is 1. The van der Waals surface area contributed by atoms with Crippen molar-refractivity contribution in [1.82, 2.24) is 10.3 Å². The molecule has 0 atom stereocenters. The Labute approximate surface area is 92.2 Å². The second-order valence-corrected chi connectivity index (χ2v) is 4.74. The van der Waals surface area contributed by atoms with E-state index in [0.29, 0.717) is 6.42 Å². The normalized spacial score (nSPS) is 19.5. The van der Waals surface area contributed by atoms with E-state index >= 15 is 0 Å². The summed E-state index contributed by atoms with van der Waals surface area (Å²) in [5.74, 6) is 6.62. The minimum atomic E-state index is -0.0685. The van der Waals surface area contributed by atoms with Gasteiger partial charge in [0.15, 0.2) is 0 Å². The van der Waals surface area contributed by atoms with Gasteiger partial charge in [0.05, 0.1) is 0 Å². The highest BCUT2D eigenvalue weighted by Crippen LogP contribution is 2.24. The third-order valence-corrected chi connectivity index (χ3v) is 3.39. The molecule has 1 amide bonds. The molecule has 0 saturated carbocycles. The topological polar surface area (TPSA) is 58.4 Å². The van der Waals surface area contributed by atoms with Crippen LogP contribution in [0.15, 0.2) is 0 Å². The maximum atomic E-state index is 11.0. The van der Waals surface area contributed by atoms with E-state index in [1.807, 2.05) is 0 Å². The fraction of sp³-hybridized carbons (Fsp3) is 0.909. The zero-order valence-corrected chi connectivity index (χ0v) is 9.83. The van der Waals surface area contributed by atoms with Crippen LogP contribution in [0.1, 0.15) is 33.1 Å². The number of hydrogen-bond donors (Lipinski definition) is 2. The van der Waals surface area contributed by atoms with E-state index in [1.165, 1.54) is 12.8 Å². The third kappa shape index (κ3) is 4.18. The lowest BCUT2D eigenvalue weighted by atomic mass is 9.87. The summed E-state index contributed by atoms with van der Waals surface area (Å²) in [6.45, 7) is 7.68. The van der Waals surface area contributed by atoms with Gasteiger partial charge in [-0.3, -0.25) is 10.2 Å². The van der Waals surface area contributed by atoms with Gasteiger partial charge in [-0.25, -0.2) is 5.84 Å². The Morgan fingerprint density at radius 2 is 2.07 bits per heavy atom. The van der Waals surface area contributed by atoms with Crippen LogP contribution in [0.3, 0.4) is 0 Å². The Kier molecular flexibility index (Phi) is 5.05. The van der Waals surface area contributed by atoms with Gasteiger partial charge in [0, 0.05) is 13.0 Å². The molecule has 1 rings (SSSR count). The lowest BCUT2D eigenvalue weighted by Gasteiger charge is -2.33. The minimum absolute atomic E-state index is 0.0685. The van der Waals surface area contributed by atoms with Gasteiger partial charge in [0.2, 0.25) is 5.91 Å². The fourth-order valence-corrected chi connectivity index (χ4v) is 2.18. The van der Waals surface area contributed by atoms with Crippen LogP contribution in [0.2, 0.25) is 0 Å². The SMILES string of the molecule is CC(C)C1CCN(CCC(=O)NN)CC1. The maximum Gasteiger partial charge on any atom is 0.235 e. The van der Waals surface area contributed by atoms with Gasteiger partial charge in [-0.1, -0.05) is 13.8 Å². The molecule has 1 aliphatic heterocycles.